The van der Waals surface area contributed by atoms with Gasteiger partial charge in [0.25, 0.3) is 11.6 Å². The summed E-state index contributed by atoms with van der Waals surface area (Å²) in [5.41, 5.74) is 1.89. The molecular weight excluding hydrogens is 292 g/mol. The van der Waals surface area contributed by atoms with Gasteiger partial charge >= 0.3 is 0 Å². The first-order valence-electron chi connectivity index (χ1n) is 6.55. The fraction of sp³-hybridized carbons (Fsp3) is 0.308. The van der Waals surface area contributed by atoms with Gasteiger partial charge in [0, 0.05) is 18.7 Å². The van der Waals surface area contributed by atoms with E-state index in [1.54, 1.807) is 0 Å². The third-order valence-corrected chi connectivity index (χ3v) is 3.18. The van der Waals surface area contributed by atoms with E-state index in [0.717, 1.165) is 24.4 Å². The monoisotopic (exact) mass is 305 g/mol. The Hall–Kier alpha value is -2.97. The van der Waals surface area contributed by atoms with Crippen LogP contribution in [0.1, 0.15) is 18.4 Å². The highest BCUT2D eigenvalue weighted by Crippen LogP contribution is 2.19. The van der Waals surface area contributed by atoms with Crippen LogP contribution in [0.5, 0.6) is 5.75 Å². The van der Waals surface area contributed by atoms with Crippen molar-refractivity contribution in [2.45, 2.75) is 12.8 Å². The summed E-state index contributed by atoms with van der Waals surface area (Å²) in [7, 11) is 0. The summed E-state index contributed by atoms with van der Waals surface area (Å²) in [4.78, 5) is 33.3. The van der Waals surface area contributed by atoms with Crippen molar-refractivity contribution in [1.82, 2.24) is 10.7 Å². The molecule has 1 aliphatic heterocycles. The summed E-state index contributed by atoms with van der Waals surface area (Å²) in [6.45, 7) is 0.541. The number of carbonyl (C=O) groups excluding carboxylic acids is 2. The number of piperidine rings is 1. The Labute approximate surface area is 125 Å². The van der Waals surface area contributed by atoms with E-state index < -0.39 is 22.5 Å². The molecule has 1 heterocycles. The van der Waals surface area contributed by atoms with Crippen LogP contribution in [-0.2, 0) is 9.59 Å². The van der Waals surface area contributed by atoms with E-state index in [2.05, 4.69) is 15.8 Å². The summed E-state index contributed by atoms with van der Waals surface area (Å²) in [6, 6.07) is 3.20. The highest BCUT2D eigenvalue weighted by molar-refractivity contribution is 6.01. The van der Waals surface area contributed by atoms with Crippen LogP contribution in [-0.4, -0.2) is 29.5 Å². The van der Waals surface area contributed by atoms with Crippen LogP contribution in [0, 0.1) is 16.0 Å². The third-order valence-electron chi connectivity index (χ3n) is 3.18. The second-order valence-corrected chi connectivity index (χ2v) is 4.70. The molecule has 1 fully saturated rings. The number of non-ortho nitro benzene ring substituents is 1. The van der Waals surface area contributed by atoms with Crippen LogP contribution in [0.3, 0.4) is 0 Å². The second-order valence-electron chi connectivity index (χ2n) is 4.70. The molecule has 1 unspecified atom stereocenters. The van der Waals surface area contributed by atoms with E-state index in [-0.39, 0.29) is 17.2 Å². The average molecular weight is 305 g/mol. The Bertz CT molecular complexity index is 643. The molecule has 0 aromatic heterocycles. The molecular formula is C13H13N4O5-. The van der Waals surface area contributed by atoms with E-state index in [9.17, 15) is 24.8 Å². The minimum Gasteiger partial charge on any atom is -0.872 e. The van der Waals surface area contributed by atoms with Gasteiger partial charge in [-0.3, -0.25) is 19.7 Å². The van der Waals surface area contributed by atoms with Crippen molar-refractivity contribution < 1.29 is 19.6 Å². The number of nitrogens with one attached hydrogen (secondary N) is 2. The predicted molar refractivity (Wildman–Crippen MR) is 74.0 cm³/mol. The van der Waals surface area contributed by atoms with Crippen molar-refractivity contribution in [2.75, 3.05) is 6.54 Å². The van der Waals surface area contributed by atoms with E-state index in [1.807, 2.05) is 0 Å². The first-order chi connectivity index (χ1) is 10.5. The maximum absolute atomic E-state index is 11.8. The molecule has 0 saturated carbocycles. The summed E-state index contributed by atoms with van der Waals surface area (Å²) in [5, 5.41) is 28.3. The Balaban J connectivity index is 2.03. The second kappa shape index (κ2) is 6.66. The van der Waals surface area contributed by atoms with Crippen molar-refractivity contribution in [3.05, 3.63) is 33.9 Å². The van der Waals surface area contributed by atoms with Gasteiger partial charge in [-0.25, -0.2) is 5.43 Å². The van der Waals surface area contributed by atoms with Gasteiger partial charge in [-0.15, -0.1) is 0 Å². The normalized spacial score (nSPS) is 18.0. The van der Waals surface area contributed by atoms with E-state index in [0.29, 0.717) is 19.4 Å². The molecule has 9 heteroatoms. The van der Waals surface area contributed by atoms with Gasteiger partial charge in [-0.1, -0.05) is 11.8 Å². The van der Waals surface area contributed by atoms with Crippen LogP contribution < -0.4 is 15.8 Å². The summed E-state index contributed by atoms with van der Waals surface area (Å²) in [5.74, 6) is -2.22. The Kier molecular flexibility index (Phi) is 4.66. The van der Waals surface area contributed by atoms with Gasteiger partial charge < -0.3 is 10.4 Å². The van der Waals surface area contributed by atoms with Crippen LogP contribution in [0.15, 0.2) is 23.3 Å². The molecule has 1 atom stereocenters. The number of amides is 2. The topological polar surface area (TPSA) is 137 Å². The minimum atomic E-state index is -0.817. The van der Waals surface area contributed by atoms with Crippen molar-refractivity contribution >= 4 is 23.7 Å². The van der Waals surface area contributed by atoms with Gasteiger partial charge in [0.1, 0.15) is 5.92 Å². The lowest BCUT2D eigenvalue weighted by Gasteiger charge is -2.19. The number of nitro groups is 1. The van der Waals surface area contributed by atoms with Crippen LogP contribution >= 0.6 is 0 Å². The summed E-state index contributed by atoms with van der Waals surface area (Å²) < 4.78 is 0. The van der Waals surface area contributed by atoms with Crippen LogP contribution in [0.4, 0.5) is 5.69 Å². The number of nitro benzene ring substituents is 1. The summed E-state index contributed by atoms with van der Waals surface area (Å²) >= 11 is 0. The van der Waals surface area contributed by atoms with Gasteiger partial charge in [-0.05, 0) is 18.4 Å². The molecule has 0 bridgehead atoms. The van der Waals surface area contributed by atoms with Gasteiger partial charge in [0.2, 0.25) is 5.91 Å². The molecule has 2 rings (SSSR count). The fourth-order valence-corrected chi connectivity index (χ4v) is 2.02. The smallest absolute Gasteiger partial charge is 0.270 e. The minimum absolute atomic E-state index is 0.0254. The molecule has 116 valence electrons. The molecule has 9 nitrogen and oxygen atoms in total. The zero-order chi connectivity index (χ0) is 16.1. The lowest BCUT2D eigenvalue weighted by Crippen LogP contribution is -2.43. The van der Waals surface area contributed by atoms with E-state index in [4.69, 9.17) is 0 Å². The van der Waals surface area contributed by atoms with E-state index in [1.165, 1.54) is 0 Å². The zero-order valence-corrected chi connectivity index (χ0v) is 11.4. The number of rotatable bonds is 4. The molecule has 2 amide bonds. The van der Waals surface area contributed by atoms with Gasteiger partial charge in [0.15, 0.2) is 0 Å². The maximum Gasteiger partial charge on any atom is 0.270 e. The predicted octanol–water partition coefficient (Wildman–Crippen LogP) is -0.355. The first-order valence-corrected chi connectivity index (χ1v) is 6.55. The van der Waals surface area contributed by atoms with Crippen LogP contribution in [0.25, 0.3) is 0 Å². The molecule has 1 aromatic rings. The highest BCUT2D eigenvalue weighted by atomic mass is 16.6. The Morgan fingerprint density at radius 2 is 2.27 bits per heavy atom. The lowest BCUT2D eigenvalue weighted by molar-refractivity contribution is -0.385. The molecule has 1 aliphatic rings. The number of carbonyl (C=O) groups is 2. The van der Waals surface area contributed by atoms with Crippen molar-refractivity contribution in [1.29, 1.82) is 0 Å². The van der Waals surface area contributed by atoms with Crippen molar-refractivity contribution in [3.8, 4) is 5.75 Å². The SMILES string of the molecule is O=C1NCCCC1C(=O)NN=Cc1cc([N+](=O)[O-])ccc1[O-]. The molecule has 2 N–H and O–H groups in total. The number of nitrogens with zero attached hydrogens (tertiary/aromatic N) is 2. The third kappa shape index (κ3) is 3.57. The lowest BCUT2D eigenvalue weighted by atomic mass is 9.98. The van der Waals surface area contributed by atoms with Crippen LogP contribution in [0.2, 0.25) is 0 Å². The molecule has 22 heavy (non-hydrogen) atoms. The zero-order valence-electron chi connectivity index (χ0n) is 11.4. The molecule has 0 radical (unpaired) electrons. The molecule has 1 aromatic carbocycles. The summed E-state index contributed by atoms with van der Waals surface area (Å²) in [6.07, 6.45) is 2.15. The quantitative estimate of drug-likeness (QED) is 0.339. The number of hydrazone groups is 1. The van der Waals surface area contributed by atoms with E-state index >= 15 is 0 Å². The molecule has 1 saturated heterocycles. The number of hydrogen-bond acceptors (Lipinski definition) is 6. The fourth-order valence-electron chi connectivity index (χ4n) is 2.02. The Morgan fingerprint density at radius 1 is 1.50 bits per heavy atom. The molecule has 0 aliphatic carbocycles. The Morgan fingerprint density at radius 3 is 2.95 bits per heavy atom. The van der Waals surface area contributed by atoms with Gasteiger partial charge in [-0.2, -0.15) is 5.10 Å². The highest BCUT2D eigenvalue weighted by Gasteiger charge is 2.28. The molecule has 0 spiro atoms. The standard InChI is InChI=1S/C13H14N4O5/c18-11-4-3-9(17(21)22)6-8(11)7-15-16-13(20)10-2-1-5-14-12(10)19/h3-4,6-7,10,18H,1-2,5H2,(H,14,19)(H,16,20)/p-1. The number of benzene rings is 1. The first kappa shape index (κ1) is 15.4. The largest absolute Gasteiger partial charge is 0.872 e. The van der Waals surface area contributed by atoms with Crippen molar-refractivity contribution in [3.63, 3.8) is 0 Å². The number of hydrogen-bond donors (Lipinski definition) is 2. The average Bonchev–Trinajstić information content (AvgIpc) is 2.49. The van der Waals surface area contributed by atoms with Gasteiger partial charge in [0.05, 0.1) is 11.1 Å². The maximum atomic E-state index is 11.8. The van der Waals surface area contributed by atoms with Crippen molar-refractivity contribution in [2.24, 2.45) is 11.0 Å².